The topological polar surface area (TPSA) is 37.8 Å². The van der Waals surface area contributed by atoms with Crippen LogP contribution in [-0.2, 0) is 19.5 Å². The summed E-state index contributed by atoms with van der Waals surface area (Å²) in [7, 11) is 0. The van der Waals surface area contributed by atoms with Crippen molar-refractivity contribution in [2.24, 2.45) is 0 Å². The fourth-order valence-corrected chi connectivity index (χ4v) is 2.43. The minimum Gasteiger partial charge on any atom is -0.308 e. The van der Waals surface area contributed by atoms with Crippen LogP contribution in [0.3, 0.4) is 0 Å². The van der Waals surface area contributed by atoms with E-state index in [4.69, 9.17) is 0 Å². The Morgan fingerprint density at radius 3 is 2.88 bits per heavy atom. The molecule has 0 saturated heterocycles. The zero-order valence-electron chi connectivity index (χ0n) is 10.2. The van der Waals surface area contributed by atoms with E-state index < -0.39 is 0 Å². The van der Waals surface area contributed by atoms with E-state index in [0.717, 1.165) is 19.5 Å². The zero-order valence-corrected chi connectivity index (χ0v) is 11.0. The maximum atomic E-state index is 4.34. The van der Waals surface area contributed by atoms with E-state index in [-0.39, 0.29) is 0 Å². The van der Waals surface area contributed by atoms with Crippen LogP contribution in [0, 0.1) is 6.92 Å². The molecular formula is C13H17N3S. The highest BCUT2D eigenvalue weighted by molar-refractivity contribution is 7.11. The number of aromatic nitrogens is 2. The highest BCUT2D eigenvalue weighted by Crippen LogP contribution is 2.13. The fourth-order valence-electron chi connectivity index (χ4n) is 1.60. The average molecular weight is 247 g/mol. The van der Waals surface area contributed by atoms with Crippen molar-refractivity contribution in [3.63, 3.8) is 0 Å². The van der Waals surface area contributed by atoms with Crippen LogP contribution < -0.4 is 5.32 Å². The molecule has 0 atom stereocenters. The van der Waals surface area contributed by atoms with Gasteiger partial charge in [0.1, 0.15) is 0 Å². The lowest BCUT2D eigenvalue weighted by molar-refractivity contribution is 0.695. The van der Waals surface area contributed by atoms with E-state index in [1.807, 2.05) is 24.7 Å². The molecule has 2 rings (SSSR count). The highest BCUT2D eigenvalue weighted by atomic mass is 32.1. The summed E-state index contributed by atoms with van der Waals surface area (Å²) < 4.78 is 0. The van der Waals surface area contributed by atoms with Gasteiger partial charge >= 0.3 is 0 Å². The molecule has 0 spiro atoms. The second-order valence-corrected chi connectivity index (χ2v) is 5.18. The predicted molar refractivity (Wildman–Crippen MR) is 71.0 cm³/mol. The van der Waals surface area contributed by atoms with E-state index in [1.54, 1.807) is 11.3 Å². The van der Waals surface area contributed by atoms with Crippen molar-refractivity contribution in [3.8, 4) is 0 Å². The molecule has 0 radical (unpaired) electrons. The van der Waals surface area contributed by atoms with Gasteiger partial charge in [-0.15, -0.1) is 11.3 Å². The Balaban J connectivity index is 1.85. The summed E-state index contributed by atoms with van der Waals surface area (Å²) in [6.07, 6.45) is 6.74. The molecule has 17 heavy (non-hydrogen) atoms. The molecule has 0 aliphatic rings. The Labute approximate surface area is 106 Å². The van der Waals surface area contributed by atoms with Gasteiger partial charge in [0.05, 0.1) is 5.01 Å². The van der Waals surface area contributed by atoms with E-state index in [9.17, 15) is 0 Å². The first-order valence-corrected chi connectivity index (χ1v) is 6.65. The summed E-state index contributed by atoms with van der Waals surface area (Å²) in [5, 5.41) is 4.63. The number of rotatable bonds is 5. The Morgan fingerprint density at radius 2 is 2.18 bits per heavy atom. The van der Waals surface area contributed by atoms with Gasteiger partial charge in [0, 0.05) is 36.6 Å². The third kappa shape index (κ3) is 3.35. The predicted octanol–water partition coefficient (Wildman–Crippen LogP) is 2.70. The number of hydrogen-bond donors (Lipinski definition) is 1. The van der Waals surface area contributed by atoms with E-state index >= 15 is 0 Å². The molecule has 0 bridgehead atoms. The largest absolute Gasteiger partial charge is 0.308 e. The highest BCUT2D eigenvalue weighted by Gasteiger charge is 2.01. The van der Waals surface area contributed by atoms with Crippen LogP contribution in [0.1, 0.15) is 27.9 Å². The summed E-state index contributed by atoms with van der Waals surface area (Å²) in [6.45, 7) is 5.99. The molecule has 3 nitrogen and oxygen atoms in total. The molecule has 2 aromatic rings. The molecule has 1 N–H and O–H groups in total. The summed E-state index contributed by atoms with van der Waals surface area (Å²) in [6, 6.07) is 2.04. The Hall–Kier alpha value is -1.26. The van der Waals surface area contributed by atoms with Gasteiger partial charge in [-0.05, 0) is 30.5 Å². The van der Waals surface area contributed by atoms with Gasteiger partial charge in [-0.3, -0.25) is 4.98 Å². The van der Waals surface area contributed by atoms with Gasteiger partial charge in [0.2, 0.25) is 0 Å². The van der Waals surface area contributed by atoms with Crippen LogP contribution in [0.15, 0.2) is 24.7 Å². The normalized spacial score (nSPS) is 10.7. The van der Waals surface area contributed by atoms with Crippen LogP contribution in [0.4, 0.5) is 0 Å². The second-order valence-electron chi connectivity index (χ2n) is 3.98. The minimum atomic E-state index is 0.860. The molecule has 0 saturated carbocycles. The SMILES string of the molecule is CCc1ncc(CNCc2cnccc2C)s1. The number of pyridine rings is 1. The van der Waals surface area contributed by atoms with Gasteiger partial charge in [0.25, 0.3) is 0 Å². The number of hydrogen-bond acceptors (Lipinski definition) is 4. The number of aryl methyl sites for hydroxylation is 2. The standard InChI is InChI=1S/C13H17N3S/c1-3-13-16-9-12(17-13)8-15-7-11-6-14-5-4-10(11)2/h4-6,9,15H,3,7-8H2,1-2H3. The molecule has 0 amide bonds. The van der Waals surface area contributed by atoms with Crippen molar-refractivity contribution >= 4 is 11.3 Å². The van der Waals surface area contributed by atoms with Crippen LogP contribution >= 0.6 is 11.3 Å². The smallest absolute Gasteiger partial charge is 0.0925 e. The van der Waals surface area contributed by atoms with Crippen molar-refractivity contribution in [2.75, 3.05) is 0 Å². The summed E-state index contributed by atoms with van der Waals surface area (Å²) >= 11 is 1.78. The zero-order chi connectivity index (χ0) is 12.1. The van der Waals surface area contributed by atoms with Crippen LogP contribution in [0.25, 0.3) is 0 Å². The van der Waals surface area contributed by atoms with Crippen LogP contribution in [-0.4, -0.2) is 9.97 Å². The van der Waals surface area contributed by atoms with E-state index in [1.165, 1.54) is 21.0 Å². The average Bonchev–Trinajstić information content (AvgIpc) is 2.80. The van der Waals surface area contributed by atoms with Crippen LogP contribution in [0.5, 0.6) is 0 Å². The first-order valence-electron chi connectivity index (χ1n) is 5.83. The molecule has 0 aliphatic carbocycles. The van der Waals surface area contributed by atoms with Gasteiger partial charge in [-0.25, -0.2) is 4.98 Å². The number of thiazole rings is 1. The minimum absolute atomic E-state index is 0.860. The lowest BCUT2D eigenvalue weighted by Crippen LogP contribution is -2.12. The molecule has 0 aliphatic heterocycles. The van der Waals surface area contributed by atoms with Crippen molar-refractivity contribution in [1.82, 2.24) is 15.3 Å². The monoisotopic (exact) mass is 247 g/mol. The summed E-state index contributed by atoms with van der Waals surface area (Å²) in [4.78, 5) is 9.78. The first-order chi connectivity index (χ1) is 8.29. The maximum Gasteiger partial charge on any atom is 0.0925 e. The second kappa shape index (κ2) is 5.89. The van der Waals surface area contributed by atoms with Crippen molar-refractivity contribution in [2.45, 2.75) is 33.4 Å². The lowest BCUT2D eigenvalue weighted by Gasteiger charge is -2.05. The molecule has 4 heteroatoms. The Morgan fingerprint density at radius 1 is 1.29 bits per heavy atom. The molecule has 2 aromatic heterocycles. The van der Waals surface area contributed by atoms with Crippen molar-refractivity contribution < 1.29 is 0 Å². The third-order valence-corrected chi connectivity index (χ3v) is 3.81. The lowest BCUT2D eigenvalue weighted by atomic mass is 10.1. The Bertz CT molecular complexity index is 479. The van der Waals surface area contributed by atoms with Gasteiger partial charge in [-0.2, -0.15) is 0 Å². The summed E-state index contributed by atoms with van der Waals surface area (Å²) in [5.41, 5.74) is 2.54. The van der Waals surface area contributed by atoms with Crippen molar-refractivity contribution in [1.29, 1.82) is 0 Å². The summed E-state index contributed by atoms with van der Waals surface area (Å²) in [5.74, 6) is 0. The molecule has 0 fully saturated rings. The Kier molecular flexibility index (Phi) is 4.23. The number of nitrogens with one attached hydrogen (secondary N) is 1. The molecule has 90 valence electrons. The van der Waals surface area contributed by atoms with Crippen LogP contribution in [0.2, 0.25) is 0 Å². The van der Waals surface area contributed by atoms with Gasteiger partial charge < -0.3 is 5.32 Å². The van der Waals surface area contributed by atoms with E-state index in [0.29, 0.717) is 0 Å². The van der Waals surface area contributed by atoms with E-state index in [2.05, 4.69) is 29.1 Å². The molecular weight excluding hydrogens is 230 g/mol. The first kappa shape index (κ1) is 12.2. The fraction of sp³-hybridized carbons (Fsp3) is 0.385. The third-order valence-electron chi connectivity index (χ3n) is 2.67. The number of nitrogens with zero attached hydrogens (tertiary/aromatic N) is 2. The molecule has 0 unspecified atom stereocenters. The molecule has 2 heterocycles. The van der Waals surface area contributed by atoms with Gasteiger partial charge in [-0.1, -0.05) is 6.92 Å². The van der Waals surface area contributed by atoms with Crippen molar-refractivity contribution in [3.05, 3.63) is 45.7 Å². The quantitative estimate of drug-likeness (QED) is 0.882. The maximum absolute atomic E-state index is 4.34. The molecule has 0 aromatic carbocycles. The van der Waals surface area contributed by atoms with Gasteiger partial charge in [0.15, 0.2) is 0 Å².